The number of aliphatic hydroxyl groups excluding tert-OH is 1. The topological polar surface area (TPSA) is 76.4 Å². The molecule has 112 valence electrons. The molecule has 0 spiro atoms. The minimum atomic E-state index is -0.146. The third kappa shape index (κ3) is 3.53. The second kappa shape index (κ2) is 6.59. The van der Waals surface area contributed by atoms with Gasteiger partial charge in [-0.3, -0.25) is 0 Å². The normalized spacial score (nSPS) is 17.1. The number of hydrogen-bond acceptors (Lipinski definition) is 3. The fourth-order valence-corrected chi connectivity index (χ4v) is 2.68. The molecule has 0 unspecified atom stereocenters. The first kappa shape index (κ1) is 15.3. The Balaban J connectivity index is 1.95. The van der Waals surface area contributed by atoms with Crippen LogP contribution in [0.1, 0.15) is 31.7 Å². The number of urea groups is 1. The van der Waals surface area contributed by atoms with Gasteiger partial charge in [0.15, 0.2) is 0 Å². The molecule has 5 nitrogen and oxygen atoms in total. The van der Waals surface area contributed by atoms with Crippen LogP contribution in [0.25, 0.3) is 0 Å². The summed E-state index contributed by atoms with van der Waals surface area (Å²) in [5, 5.41) is 21.2. The fraction of sp³-hybridized carbons (Fsp3) is 0.500. The summed E-state index contributed by atoms with van der Waals surface area (Å²) in [6.07, 6.45) is 2.58. The number of anilines is 1. The Morgan fingerprint density at radius 1 is 1.48 bits per heavy atom. The lowest BCUT2D eigenvalue weighted by Crippen LogP contribution is -2.46. The fourth-order valence-electron chi connectivity index (χ4n) is 2.68. The van der Waals surface area contributed by atoms with Crippen LogP contribution >= 0.6 is 0 Å². The van der Waals surface area contributed by atoms with E-state index in [2.05, 4.69) is 18.3 Å². The number of nitrogens with zero attached hydrogens (tertiary/aromatic N) is 2. The zero-order chi connectivity index (χ0) is 15.3. The van der Waals surface area contributed by atoms with Gasteiger partial charge in [-0.1, -0.05) is 13.0 Å². The largest absolute Gasteiger partial charge is 0.396 e. The number of hydrogen-bond donors (Lipinski definition) is 2. The Morgan fingerprint density at radius 3 is 2.76 bits per heavy atom. The minimum absolute atomic E-state index is 0.0303. The molecule has 5 heteroatoms. The van der Waals surface area contributed by atoms with Crippen molar-refractivity contribution in [2.24, 2.45) is 5.41 Å². The molecule has 1 fully saturated rings. The van der Waals surface area contributed by atoms with Gasteiger partial charge in [0, 0.05) is 25.4 Å². The van der Waals surface area contributed by atoms with Gasteiger partial charge in [-0.25, -0.2) is 4.79 Å². The van der Waals surface area contributed by atoms with Gasteiger partial charge in [0.25, 0.3) is 0 Å². The van der Waals surface area contributed by atoms with E-state index in [1.807, 2.05) is 0 Å². The van der Waals surface area contributed by atoms with Crippen molar-refractivity contribution in [2.75, 3.05) is 25.0 Å². The smallest absolute Gasteiger partial charge is 0.321 e. The number of nitriles is 1. The summed E-state index contributed by atoms with van der Waals surface area (Å²) < 4.78 is 0. The van der Waals surface area contributed by atoms with Crippen molar-refractivity contribution in [3.05, 3.63) is 29.8 Å². The summed E-state index contributed by atoms with van der Waals surface area (Å²) in [5.74, 6) is 0. The molecule has 2 amide bonds. The first-order chi connectivity index (χ1) is 10.1. The number of carbonyl (C=O) groups is 1. The van der Waals surface area contributed by atoms with Gasteiger partial charge < -0.3 is 15.3 Å². The quantitative estimate of drug-likeness (QED) is 0.897. The van der Waals surface area contributed by atoms with Crippen LogP contribution in [0.5, 0.6) is 0 Å². The van der Waals surface area contributed by atoms with Crippen LogP contribution in [0.3, 0.4) is 0 Å². The third-order valence-electron chi connectivity index (χ3n) is 4.44. The highest BCUT2D eigenvalue weighted by Gasteiger charge is 2.33. The number of benzene rings is 1. The zero-order valence-electron chi connectivity index (χ0n) is 12.3. The van der Waals surface area contributed by atoms with E-state index in [0.29, 0.717) is 24.3 Å². The number of likely N-dealkylation sites (tertiary alicyclic amines) is 1. The zero-order valence-corrected chi connectivity index (χ0v) is 12.3. The minimum Gasteiger partial charge on any atom is -0.396 e. The molecule has 0 aromatic heterocycles. The molecule has 1 saturated heterocycles. The molecule has 1 aliphatic heterocycles. The molecule has 0 aliphatic carbocycles. The number of aliphatic hydroxyl groups is 1. The number of nitrogens with one attached hydrogen (secondary N) is 1. The second-order valence-electron chi connectivity index (χ2n) is 5.62. The molecule has 1 heterocycles. The first-order valence-corrected chi connectivity index (χ1v) is 7.29. The summed E-state index contributed by atoms with van der Waals surface area (Å²) >= 11 is 0. The van der Waals surface area contributed by atoms with Gasteiger partial charge >= 0.3 is 6.03 Å². The summed E-state index contributed by atoms with van der Waals surface area (Å²) in [5.41, 5.74) is 1.13. The molecule has 0 saturated carbocycles. The SMILES string of the molecule is CCC1(CO)CCN(C(=O)Nc2cccc(C#N)c2)CC1. The monoisotopic (exact) mass is 287 g/mol. The van der Waals surface area contributed by atoms with Crippen molar-refractivity contribution in [3.8, 4) is 6.07 Å². The number of amides is 2. The molecule has 0 atom stereocenters. The molecule has 1 aromatic rings. The maximum Gasteiger partial charge on any atom is 0.321 e. The summed E-state index contributed by atoms with van der Waals surface area (Å²) in [7, 11) is 0. The highest BCUT2D eigenvalue weighted by Crippen LogP contribution is 2.34. The molecule has 0 bridgehead atoms. The van der Waals surface area contributed by atoms with E-state index in [9.17, 15) is 9.90 Å². The summed E-state index contributed by atoms with van der Waals surface area (Å²) in [4.78, 5) is 14.0. The van der Waals surface area contributed by atoms with Crippen molar-refractivity contribution in [1.29, 1.82) is 5.26 Å². The van der Waals surface area contributed by atoms with Crippen LogP contribution in [0.15, 0.2) is 24.3 Å². The van der Waals surface area contributed by atoms with E-state index in [0.717, 1.165) is 19.3 Å². The lowest BCUT2D eigenvalue weighted by molar-refractivity contribution is 0.0542. The predicted molar refractivity (Wildman–Crippen MR) is 80.8 cm³/mol. The Hall–Kier alpha value is -2.06. The highest BCUT2D eigenvalue weighted by molar-refractivity contribution is 5.89. The molecule has 21 heavy (non-hydrogen) atoms. The molecule has 2 N–H and O–H groups in total. The Morgan fingerprint density at radius 2 is 2.19 bits per heavy atom. The van der Waals surface area contributed by atoms with Gasteiger partial charge in [0.05, 0.1) is 11.6 Å². The first-order valence-electron chi connectivity index (χ1n) is 7.29. The lowest BCUT2D eigenvalue weighted by Gasteiger charge is -2.40. The molecular formula is C16H21N3O2. The average Bonchev–Trinajstić information content (AvgIpc) is 2.55. The second-order valence-corrected chi connectivity index (χ2v) is 5.62. The maximum atomic E-state index is 12.2. The van der Waals surface area contributed by atoms with Crippen LogP contribution in [0.2, 0.25) is 0 Å². The van der Waals surface area contributed by atoms with Gasteiger partial charge in [0.1, 0.15) is 0 Å². The van der Waals surface area contributed by atoms with E-state index in [-0.39, 0.29) is 18.1 Å². The van der Waals surface area contributed by atoms with Crippen molar-refractivity contribution in [1.82, 2.24) is 4.90 Å². The third-order valence-corrected chi connectivity index (χ3v) is 4.44. The molecular weight excluding hydrogens is 266 g/mol. The van der Waals surface area contributed by atoms with Crippen LogP contribution in [-0.4, -0.2) is 35.7 Å². The van der Waals surface area contributed by atoms with Gasteiger partial charge in [0.2, 0.25) is 0 Å². The number of carbonyl (C=O) groups excluding carboxylic acids is 1. The van der Waals surface area contributed by atoms with Gasteiger partial charge in [-0.2, -0.15) is 5.26 Å². The Kier molecular flexibility index (Phi) is 4.81. The Bertz CT molecular complexity index is 537. The van der Waals surface area contributed by atoms with Crippen LogP contribution < -0.4 is 5.32 Å². The van der Waals surface area contributed by atoms with Crippen LogP contribution in [0.4, 0.5) is 10.5 Å². The van der Waals surface area contributed by atoms with Gasteiger partial charge in [-0.15, -0.1) is 0 Å². The number of rotatable bonds is 3. The standard InChI is InChI=1S/C16H21N3O2/c1-2-16(12-20)6-8-19(9-7-16)15(21)18-14-5-3-4-13(10-14)11-17/h3-5,10,20H,2,6-9,12H2,1H3,(H,18,21). The molecule has 1 aromatic carbocycles. The lowest BCUT2D eigenvalue weighted by atomic mass is 9.77. The average molecular weight is 287 g/mol. The number of piperidine rings is 1. The molecule has 0 radical (unpaired) electrons. The van der Waals surface area contributed by atoms with Crippen LogP contribution in [0, 0.1) is 16.7 Å². The van der Waals surface area contributed by atoms with Gasteiger partial charge in [-0.05, 0) is 42.9 Å². The Labute approximate surface area is 125 Å². The van der Waals surface area contributed by atoms with Crippen molar-refractivity contribution >= 4 is 11.7 Å². The van der Waals surface area contributed by atoms with Crippen molar-refractivity contribution in [2.45, 2.75) is 26.2 Å². The van der Waals surface area contributed by atoms with E-state index in [4.69, 9.17) is 5.26 Å². The predicted octanol–water partition coefficient (Wildman–Crippen LogP) is 2.57. The van der Waals surface area contributed by atoms with E-state index in [1.54, 1.807) is 29.2 Å². The van der Waals surface area contributed by atoms with E-state index >= 15 is 0 Å². The highest BCUT2D eigenvalue weighted by atomic mass is 16.3. The molecule has 1 aliphatic rings. The molecule has 2 rings (SSSR count). The van der Waals surface area contributed by atoms with E-state index < -0.39 is 0 Å². The van der Waals surface area contributed by atoms with E-state index in [1.165, 1.54) is 0 Å². The van der Waals surface area contributed by atoms with Crippen molar-refractivity contribution in [3.63, 3.8) is 0 Å². The van der Waals surface area contributed by atoms with Crippen molar-refractivity contribution < 1.29 is 9.90 Å². The summed E-state index contributed by atoms with van der Waals surface area (Å²) in [6.45, 7) is 3.57. The summed E-state index contributed by atoms with van der Waals surface area (Å²) in [6, 6.07) is 8.79. The maximum absolute atomic E-state index is 12.2. The van der Waals surface area contributed by atoms with Crippen LogP contribution in [-0.2, 0) is 0 Å².